The van der Waals surface area contributed by atoms with Gasteiger partial charge >= 0.3 is 21.7 Å². The number of hydrogen-bond donors (Lipinski definition) is 0. The fourth-order valence-electron chi connectivity index (χ4n) is 0. The Balaban J connectivity index is -0.00000000333. The number of nitrogens with two attached hydrogens (primary N) is 1. The fraction of sp³-hybridized carbons (Fsp3) is 1.00. The summed E-state index contributed by atoms with van der Waals surface area (Å²) in [6, 6.07) is 0. The van der Waals surface area contributed by atoms with Gasteiger partial charge in [-0.3, -0.25) is 0 Å². The van der Waals surface area contributed by atoms with Crippen LogP contribution in [0.1, 0.15) is 0 Å². The van der Waals surface area contributed by atoms with E-state index in [-0.39, 0.29) is 52.7 Å². The van der Waals surface area contributed by atoms with Gasteiger partial charge in [0.25, 0.3) is 0 Å². The Morgan fingerprint density at radius 1 is 1.00 bits per heavy atom. The Bertz CT molecular complexity index is 13.7. The van der Waals surface area contributed by atoms with E-state index in [1.165, 1.54) is 0 Å². The Labute approximate surface area is 72.1 Å². The first-order valence-corrected chi connectivity index (χ1v) is 0.894. The molecule has 2 nitrogen and oxygen atoms in total. The van der Waals surface area contributed by atoms with Crippen LogP contribution in [0.2, 0.25) is 0 Å². The molecule has 0 bridgehead atoms. The summed E-state index contributed by atoms with van der Waals surface area (Å²) in [7, 11) is 3.50. The van der Waals surface area contributed by atoms with E-state index in [1.54, 1.807) is 14.1 Å². The normalized spacial score (nSPS) is 2.57. The second-order valence-corrected chi connectivity index (χ2v) is 0.447. The quantitative estimate of drug-likeness (QED) is 0.514. The molecule has 0 amide bonds. The van der Waals surface area contributed by atoms with E-state index in [2.05, 4.69) is 5.32 Å². The van der Waals surface area contributed by atoms with Gasteiger partial charge in [-0.05, 0) is 0 Å². The molecule has 0 fully saturated rings. The van der Waals surface area contributed by atoms with Crippen molar-refractivity contribution < 1.29 is 21.7 Å². The first-order chi connectivity index (χ1) is 1.41. The van der Waals surface area contributed by atoms with E-state index in [9.17, 15) is 0 Å². The molecule has 0 radical (unpaired) electrons. The Morgan fingerprint density at radius 3 is 1.00 bits per heavy atom. The maximum absolute atomic E-state index is 3.50. The second-order valence-electron chi connectivity index (χ2n) is 0.447. The number of nitrogens with zero attached hydrogens (tertiary/aromatic N) is 1. The van der Waals surface area contributed by atoms with Crippen LogP contribution in [0.4, 0.5) is 0 Å². The molecule has 46 valence electrons. The number of rotatable bonds is 0. The van der Waals surface area contributed by atoms with Crippen LogP contribution in [0, 0.1) is 0 Å². The molecule has 0 rings (SSSR count). The number of halogens is 2. The molecule has 7 heavy (non-hydrogen) atoms. The van der Waals surface area contributed by atoms with Crippen LogP contribution in [-0.4, -0.2) is 14.1 Å². The Morgan fingerprint density at radius 2 is 1.00 bits per heavy atom. The van der Waals surface area contributed by atoms with Crippen molar-refractivity contribution in [2.45, 2.75) is 0 Å². The topological polar surface area (TPSA) is 47.6 Å². The van der Waals surface area contributed by atoms with Gasteiger partial charge in [0.2, 0.25) is 0 Å². The van der Waals surface area contributed by atoms with Crippen molar-refractivity contribution in [3.8, 4) is 0 Å². The zero-order valence-electron chi connectivity index (χ0n) is 4.34. The van der Waals surface area contributed by atoms with Gasteiger partial charge in [0.05, 0.1) is 0 Å². The molecule has 0 aliphatic heterocycles. The molecule has 0 heterocycles. The van der Waals surface area contributed by atoms with Crippen molar-refractivity contribution in [1.82, 2.24) is 0 Å². The van der Waals surface area contributed by atoms with Gasteiger partial charge in [0.1, 0.15) is 0 Å². The van der Waals surface area contributed by atoms with E-state index in [0.29, 0.717) is 0 Å². The summed E-state index contributed by atoms with van der Waals surface area (Å²) in [5, 5.41) is 3.50. The molecule has 0 aromatic heterocycles. The smallest absolute Gasteiger partial charge is 0.693 e. The molecule has 0 aliphatic rings. The second kappa shape index (κ2) is 56.8. The molecule has 0 aromatic carbocycles. The zero-order valence-corrected chi connectivity index (χ0v) is 7.54. The van der Waals surface area contributed by atoms with Crippen LogP contribution in [0.5, 0.6) is 0 Å². The molecule has 0 aliphatic carbocycles. The molecule has 0 saturated carbocycles. The van der Waals surface area contributed by atoms with Crippen LogP contribution in [-0.2, 0) is 21.7 Å². The maximum atomic E-state index is 3.50. The van der Waals surface area contributed by atoms with Gasteiger partial charge in [-0.25, -0.2) is 0 Å². The van der Waals surface area contributed by atoms with Crippen molar-refractivity contribution in [1.29, 1.82) is 0 Å². The van der Waals surface area contributed by atoms with Crippen LogP contribution in [0.15, 0.2) is 0 Å². The average molecular weight is 181 g/mol. The third-order valence-corrected chi connectivity index (χ3v) is 0. The summed E-state index contributed by atoms with van der Waals surface area (Å²) in [5.41, 5.74) is 0. The molecular weight excluding hydrogens is 171 g/mol. The molecule has 0 unspecified atom stereocenters. The minimum atomic E-state index is 0. The van der Waals surface area contributed by atoms with Gasteiger partial charge in [-0.1, -0.05) is 0 Å². The van der Waals surface area contributed by atoms with Crippen LogP contribution in [0.25, 0.3) is 11.5 Å². The zero-order chi connectivity index (χ0) is 2.71. The third-order valence-electron chi connectivity index (χ3n) is 0. The van der Waals surface area contributed by atoms with Crippen molar-refractivity contribution in [2.24, 2.45) is 0 Å². The van der Waals surface area contributed by atoms with Crippen molar-refractivity contribution in [3.05, 3.63) is 11.5 Å². The molecule has 0 aromatic rings. The van der Waals surface area contributed by atoms with Gasteiger partial charge in [0.15, 0.2) is 0 Å². The summed E-state index contributed by atoms with van der Waals surface area (Å²) < 4.78 is 0. The van der Waals surface area contributed by atoms with Crippen LogP contribution >= 0.6 is 24.8 Å². The largest absolute Gasteiger partial charge is 2.00 e. The van der Waals surface area contributed by atoms with Crippen molar-refractivity contribution in [3.63, 3.8) is 0 Å². The minimum Gasteiger partial charge on any atom is -0.693 e. The average Bonchev–Trinajstić information content (AvgIpc) is 0.918. The predicted octanol–water partition coefficient (Wildman–Crippen LogP) is 2.18. The van der Waals surface area contributed by atoms with Gasteiger partial charge in [0, 0.05) is 0 Å². The maximum Gasteiger partial charge on any atom is 2.00 e. The van der Waals surface area contributed by atoms with Crippen LogP contribution < -0.4 is 0 Å². The molecular formula is C2H10Cl2N2Ti. The minimum absolute atomic E-state index is 0. The van der Waals surface area contributed by atoms with E-state index in [1.807, 2.05) is 0 Å². The van der Waals surface area contributed by atoms with E-state index >= 15 is 0 Å². The van der Waals surface area contributed by atoms with Gasteiger partial charge < -0.3 is 11.5 Å². The standard InChI is InChI=1S/C2H6N.2ClH.H2N.Ti/c1-3-2;;;;/h1-2H3;2*1H;1H2;/q-1;;;-1;+2. The molecule has 0 spiro atoms. The Hall–Kier alpha value is 1.21. The summed E-state index contributed by atoms with van der Waals surface area (Å²) in [4.78, 5) is 0. The fourth-order valence-corrected chi connectivity index (χ4v) is 0. The summed E-state index contributed by atoms with van der Waals surface area (Å²) in [6.07, 6.45) is 0. The van der Waals surface area contributed by atoms with Gasteiger partial charge in [-0.2, -0.15) is 14.1 Å². The first-order valence-electron chi connectivity index (χ1n) is 0.894. The van der Waals surface area contributed by atoms with E-state index in [4.69, 9.17) is 0 Å². The molecule has 0 saturated heterocycles. The molecule has 0 atom stereocenters. The predicted molar refractivity (Wildman–Crippen MR) is 35.0 cm³/mol. The van der Waals surface area contributed by atoms with Crippen molar-refractivity contribution in [2.75, 3.05) is 14.1 Å². The van der Waals surface area contributed by atoms with Crippen molar-refractivity contribution >= 4 is 24.8 Å². The molecule has 2 N–H and O–H groups in total. The summed E-state index contributed by atoms with van der Waals surface area (Å²) >= 11 is 0. The number of hydrogen-bond acceptors (Lipinski definition) is 0. The first kappa shape index (κ1) is 41.4. The summed E-state index contributed by atoms with van der Waals surface area (Å²) in [5.74, 6) is 0. The third kappa shape index (κ3) is 133. The monoisotopic (exact) mass is 180 g/mol. The summed E-state index contributed by atoms with van der Waals surface area (Å²) in [6.45, 7) is 0. The Kier molecular flexibility index (Phi) is 336. The van der Waals surface area contributed by atoms with E-state index in [0.717, 1.165) is 0 Å². The van der Waals surface area contributed by atoms with Gasteiger partial charge in [-0.15, -0.1) is 24.8 Å². The van der Waals surface area contributed by atoms with Crippen LogP contribution in [0.3, 0.4) is 0 Å². The SMILES string of the molecule is C[N-]C.Cl.Cl.[NH2-].[Ti+2]. The van der Waals surface area contributed by atoms with E-state index < -0.39 is 0 Å². The molecule has 5 heteroatoms.